The van der Waals surface area contributed by atoms with Crippen LogP contribution in [0, 0.1) is 58.7 Å². The molecule has 1 aromatic carbocycles. The van der Waals surface area contributed by atoms with Gasteiger partial charge in [-0.1, -0.05) is 175 Å². The van der Waals surface area contributed by atoms with Crippen molar-refractivity contribution in [3.8, 4) is 0 Å². The number of nitrogens with zero attached hydrogens (tertiary/aromatic N) is 1. The highest BCUT2D eigenvalue weighted by molar-refractivity contribution is 5.77. The first-order chi connectivity index (χ1) is 35.2. The molecule has 14 aliphatic rings. The van der Waals surface area contributed by atoms with Crippen LogP contribution in [0.2, 0.25) is 0 Å². The SMILES string of the molecule is C1=CCC(C2=CCCC3C2OC2C=CC(C4CC=C(N(C5C=CC6=C(C5)[C@@]5(C7=CC=CCC7C7C=CC(c8ccccc8)=CC75)C5CCC=CC65)C5CCC6=C(CCC7=C6CCC=C7)C5)CC4)=CC23)C=C1. The maximum atomic E-state index is 6.99. The Bertz CT molecular complexity index is 2920. The highest BCUT2D eigenvalue weighted by Gasteiger charge is 2.65. The molecule has 1 saturated heterocycles. The van der Waals surface area contributed by atoms with Gasteiger partial charge >= 0.3 is 0 Å². The summed E-state index contributed by atoms with van der Waals surface area (Å²) >= 11 is 0. The zero-order valence-corrected chi connectivity index (χ0v) is 41.9. The van der Waals surface area contributed by atoms with Crippen LogP contribution < -0.4 is 0 Å². The van der Waals surface area contributed by atoms with Crippen LogP contribution in [-0.2, 0) is 4.74 Å². The molecule has 0 aromatic heterocycles. The van der Waals surface area contributed by atoms with Crippen molar-refractivity contribution in [2.75, 3.05) is 0 Å². The summed E-state index contributed by atoms with van der Waals surface area (Å²) in [5, 5.41) is 0. The third-order valence-electron chi connectivity index (χ3n) is 21.1. The van der Waals surface area contributed by atoms with Gasteiger partial charge in [0.1, 0.15) is 0 Å². The largest absolute Gasteiger partial charge is 0.366 e. The summed E-state index contributed by atoms with van der Waals surface area (Å²) in [4.78, 5) is 3.10. The van der Waals surface area contributed by atoms with Crippen LogP contribution in [0.3, 0.4) is 0 Å². The average molecular weight is 932 g/mol. The Morgan fingerprint density at radius 1 is 0.662 bits per heavy atom. The van der Waals surface area contributed by atoms with Gasteiger partial charge in [0.25, 0.3) is 0 Å². The van der Waals surface area contributed by atoms with Gasteiger partial charge in [-0.2, -0.15) is 0 Å². The van der Waals surface area contributed by atoms with E-state index in [-0.39, 0.29) is 17.6 Å². The maximum Gasteiger partial charge on any atom is 0.0834 e. The second kappa shape index (κ2) is 17.5. The van der Waals surface area contributed by atoms with Crippen LogP contribution in [0.4, 0.5) is 0 Å². The standard InChI is InChI=1S/C69H73NO/c1-3-14-44(15-4-1)49-30-36-59-57-20-9-11-24-63(57)69(65(59)42-49)64-25-12-10-21-58(64)60-38-35-53(43-66(60)69)70(52-34-37-55-50(40-52)27-26-47-18-7-8-19-54(47)55)51-32-28-45(29-33-51)48-31-39-67-62(41-48)61-23-13-22-56(68(61)71-67)46-16-5-2-6-17-46/h1-7,9-11,14-16,18,21-22,24,30-32,35-36,38-39,41-42,45-46,52-53,57-59,61-62,64-65,67-68H,8,12-13,17,19-20,23,25-29,33-34,37,40,43H2/t45?,46?,52?,53?,57?,58?,59?,61?,62?,64?,65?,67?,68?,69-/m0/s1. The second-order valence-electron chi connectivity index (χ2n) is 24.1. The molecule has 0 radical (unpaired) electrons. The third kappa shape index (κ3) is 6.88. The van der Waals surface area contributed by atoms with Crippen LogP contribution >= 0.6 is 0 Å². The van der Waals surface area contributed by atoms with E-state index in [9.17, 15) is 0 Å². The van der Waals surface area contributed by atoms with E-state index in [0.29, 0.717) is 65.3 Å². The summed E-state index contributed by atoms with van der Waals surface area (Å²) in [6.45, 7) is 0. The van der Waals surface area contributed by atoms with Gasteiger partial charge in [0.2, 0.25) is 0 Å². The maximum absolute atomic E-state index is 6.99. The number of hydrogen-bond acceptors (Lipinski definition) is 2. The van der Waals surface area contributed by atoms with Crippen molar-refractivity contribution < 1.29 is 4.74 Å². The summed E-state index contributed by atoms with van der Waals surface area (Å²) in [6.07, 6.45) is 74.5. The Kier molecular flexibility index (Phi) is 10.7. The molecule has 0 N–H and O–H groups in total. The zero-order valence-electron chi connectivity index (χ0n) is 41.9. The van der Waals surface area contributed by atoms with E-state index in [1.165, 1.54) is 101 Å². The smallest absolute Gasteiger partial charge is 0.0834 e. The molecule has 2 heteroatoms. The van der Waals surface area contributed by atoms with Crippen LogP contribution in [0.1, 0.15) is 115 Å². The quantitative estimate of drug-likeness (QED) is 0.264. The fourth-order valence-electron chi connectivity index (χ4n) is 18.2. The van der Waals surface area contributed by atoms with Gasteiger partial charge in [0.05, 0.1) is 18.2 Å². The zero-order chi connectivity index (χ0) is 46.6. The molecule has 2 nitrogen and oxygen atoms in total. The summed E-state index contributed by atoms with van der Waals surface area (Å²) in [7, 11) is 0. The number of allylic oxidation sites excluding steroid dienone is 26. The molecule has 1 spiro atoms. The van der Waals surface area contributed by atoms with Crippen LogP contribution in [0.5, 0.6) is 0 Å². The molecule has 15 rings (SSSR count). The van der Waals surface area contributed by atoms with Gasteiger partial charge in [0, 0.05) is 34.9 Å². The number of rotatable bonds is 6. The Balaban J connectivity index is 0.774. The Labute approximate surface area is 424 Å². The lowest BCUT2D eigenvalue weighted by Gasteiger charge is -2.49. The van der Waals surface area contributed by atoms with Crippen molar-refractivity contribution >= 4 is 5.57 Å². The molecule has 0 amide bonds. The molecule has 13 aliphatic carbocycles. The third-order valence-corrected chi connectivity index (χ3v) is 21.1. The highest BCUT2D eigenvalue weighted by Crippen LogP contribution is 2.73. The number of fused-ring (bicyclic) bond motifs is 13. The van der Waals surface area contributed by atoms with Crippen molar-refractivity contribution in [1.82, 2.24) is 4.90 Å². The fraction of sp³-hybridized carbons (Fsp3) is 0.449. The summed E-state index contributed by atoms with van der Waals surface area (Å²) in [6, 6.07) is 12.2. The Morgan fingerprint density at radius 2 is 1.62 bits per heavy atom. The molecular weight excluding hydrogens is 859 g/mol. The first kappa shape index (κ1) is 43.4. The van der Waals surface area contributed by atoms with Crippen molar-refractivity contribution in [1.29, 1.82) is 0 Å². The van der Waals surface area contributed by atoms with Crippen molar-refractivity contribution in [3.63, 3.8) is 0 Å². The molecule has 0 bridgehead atoms. The van der Waals surface area contributed by atoms with E-state index in [1.807, 2.05) is 5.57 Å². The monoisotopic (exact) mass is 932 g/mol. The van der Waals surface area contributed by atoms with E-state index >= 15 is 0 Å². The minimum atomic E-state index is 0.0546. The molecule has 1 aliphatic heterocycles. The van der Waals surface area contributed by atoms with Crippen LogP contribution in [-0.4, -0.2) is 29.2 Å². The molecule has 1 saturated carbocycles. The lowest BCUT2D eigenvalue weighted by molar-refractivity contribution is 0.0693. The normalized spacial score (nSPS) is 39.9. The molecule has 2 fully saturated rings. The summed E-state index contributed by atoms with van der Waals surface area (Å²) in [5.74, 6) is 4.91. The van der Waals surface area contributed by atoms with E-state index < -0.39 is 0 Å². The van der Waals surface area contributed by atoms with Gasteiger partial charge in [0.15, 0.2) is 0 Å². The molecule has 13 unspecified atom stereocenters. The van der Waals surface area contributed by atoms with Gasteiger partial charge in [-0.15, -0.1) is 0 Å². The molecular formula is C69H73NO. The topological polar surface area (TPSA) is 12.5 Å². The van der Waals surface area contributed by atoms with Gasteiger partial charge < -0.3 is 9.64 Å². The van der Waals surface area contributed by atoms with E-state index in [2.05, 4.69) is 163 Å². The predicted molar refractivity (Wildman–Crippen MR) is 291 cm³/mol. The minimum absolute atomic E-state index is 0.0546. The van der Waals surface area contributed by atoms with E-state index in [1.54, 1.807) is 50.3 Å². The van der Waals surface area contributed by atoms with Crippen LogP contribution in [0.25, 0.3) is 5.57 Å². The molecule has 14 atom stereocenters. The second-order valence-corrected chi connectivity index (χ2v) is 24.1. The number of hydrogen-bond donors (Lipinski definition) is 0. The van der Waals surface area contributed by atoms with E-state index in [4.69, 9.17) is 4.74 Å². The fourth-order valence-corrected chi connectivity index (χ4v) is 18.2. The first-order valence-electron chi connectivity index (χ1n) is 28.8. The minimum Gasteiger partial charge on any atom is -0.366 e. The Hall–Kier alpha value is -5.18. The first-order valence-corrected chi connectivity index (χ1v) is 28.8. The lowest BCUT2D eigenvalue weighted by atomic mass is 9.58. The van der Waals surface area contributed by atoms with Gasteiger partial charge in [-0.3, -0.25) is 0 Å². The highest BCUT2D eigenvalue weighted by atomic mass is 16.5. The molecule has 1 heterocycles. The summed E-state index contributed by atoms with van der Waals surface area (Å²) < 4.78 is 6.99. The van der Waals surface area contributed by atoms with Crippen molar-refractivity contribution in [2.45, 2.75) is 133 Å². The van der Waals surface area contributed by atoms with Crippen LogP contribution in [0.15, 0.2) is 214 Å². The van der Waals surface area contributed by atoms with Gasteiger partial charge in [-0.05, 0) is 189 Å². The number of benzene rings is 1. The molecule has 360 valence electrons. The summed E-state index contributed by atoms with van der Waals surface area (Å²) in [5.41, 5.74) is 19.9. The molecule has 71 heavy (non-hydrogen) atoms. The van der Waals surface area contributed by atoms with Gasteiger partial charge in [-0.25, -0.2) is 0 Å². The van der Waals surface area contributed by atoms with Crippen molar-refractivity contribution in [2.24, 2.45) is 58.7 Å². The molecule has 1 aromatic rings. The Morgan fingerprint density at radius 3 is 2.54 bits per heavy atom. The van der Waals surface area contributed by atoms with E-state index in [0.717, 1.165) is 19.3 Å². The average Bonchev–Trinajstić information content (AvgIpc) is 4.07. The predicted octanol–water partition coefficient (Wildman–Crippen LogP) is 16.2. The van der Waals surface area contributed by atoms with Crippen molar-refractivity contribution in [3.05, 3.63) is 219 Å². The number of ether oxygens (including phenoxy) is 1. The lowest BCUT2D eigenvalue weighted by Crippen LogP contribution is -2.46.